The fourth-order valence-corrected chi connectivity index (χ4v) is 2.18. The van der Waals surface area contributed by atoms with Crippen molar-refractivity contribution in [1.82, 2.24) is 25.3 Å². The molecule has 2 unspecified atom stereocenters. The lowest BCUT2D eigenvalue weighted by Gasteiger charge is -2.27. The molecule has 0 radical (unpaired) electrons. The third-order valence-electron chi connectivity index (χ3n) is 3.52. The number of methoxy groups -OCH3 is 2. The average Bonchev–Trinajstić information content (AvgIpc) is 3.30. The zero-order valence-corrected chi connectivity index (χ0v) is 13.2. The molecule has 0 fully saturated rings. The largest absolute Gasteiger partial charge is 0.352 e. The summed E-state index contributed by atoms with van der Waals surface area (Å²) >= 11 is 0. The molecule has 0 saturated heterocycles. The number of rotatable bonds is 6. The van der Waals surface area contributed by atoms with E-state index in [1.54, 1.807) is 47.4 Å². The quantitative estimate of drug-likeness (QED) is 0.760. The first kappa shape index (κ1) is 16.2. The SMILES string of the molecule is COC1C=CC(CNC(=O)c2ccc(-n3cccn3)nn2)(OC)O1. The second-order valence-electron chi connectivity index (χ2n) is 5.01. The van der Waals surface area contributed by atoms with Gasteiger partial charge in [-0.2, -0.15) is 5.10 Å². The molecule has 3 heterocycles. The molecule has 0 saturated carbocycles. The minimum Gasteiger partial charge on any atom is -0.352 e. The van der Waals surface area contributed by atoms with Gasteiger partial charge in [0, 0.05) is 26.6 Å². The molecule has 24 heavy (non-hydrogen) atoms. The van der Waals surface area contributed by atoms with Gasteiger partial charge >= 0.3 is 0 Å². The average molecular weight is 331 g/mol. The van der Waals surface area contributed by atoms with Crippen LogP contribution in [-0.4, -0.2) is 58.7 Å². The molecule has 1 amide bonds. The van der Waals surface area contributed by atoms with Crippen molar-refractivity contribution in [1.29, 1.82) is 0 Å². The van der Waals surface area contributed by atoms with E-state index in [0.29, 0.717) is 5.82 Å². The molecular weight excluding hydrogens is 314 g/mol. The molecule has 2 atom stereocenters. The zero-order valence-electron chi connectivity index (χ0n) is 13.2. The Labute approximate surface area is 138 Å². The molecule has 1 aliphatic heterocycles. The molecule has 126 valence electrons. The van der Waals surface area contributed by atoms with Crippen molar-refractivity contribution in [2.75, 3.05) is 20.8 Å². The predicted octanol–water partition coefficient (Wildman–Crippen LogP) is 0.294. The molecule has 1 N–H and O–H groups in total. The third-order valence-corrected chi connectivity index (χ3v) is 3.52. The Bertz CT molecular complexity index is 716. The number of carbonyl (C=O) groups is 1. The molecule has 2 aromatic rings. The molecule has 3 rings (SSSR count). The Morgan fingerprint density at radius 1 is 1.42 bits per heavy atom. The van der Waals surface area contributed by atoms with Crippen LogP contribution in [-0.2, 0) is 14.2 Å². The number of carbonyl (C=O) groups excluding carboxylic acids is 1. The Balaban J connectivity index is 1.62. The van der Waals surface area contributed by atoms with Crippen LogP contribution in [0, 0.1) is 0 Å². The first-order valence-corrected chi connectivity index (χ1v) is 7.23. The van der Waals surface area contributed by atoms with E-state index in [2.05, 4.69) is 20.6 Å². The van der Waals surface area contributed by atoms with Crippen LogP contribution in [0.25, 0.3) is 5.82 Å². The van der Waals surface area contributed by atoms with Crippen LogP contribution in [0.4, 0.5) is 0 Å². The van der Waals surface area contributed by atoms with Crippen LogP contribution in [0.15, 0.2) is 42.7 Å². The highest BCUT2D eigenvalue weighted by atomic mass is 16.8. The van der Waals surface area contributed by atoms with Crippen LogP contribution in [0.1, 0.15) is 10.5 Å². The van der Waals surface area contributed by atoms with E-state index in [0.717, 1.165) is 0 Å². The first-order chi connectivity index (χ1) is 11.7. The van der Waals surface area contributed by atoms with Crippen molar-refractivity contribution in [3.05, 3.63) is 48.4 Å². The summed E-state index contributed by atoms with van der Waals surface area (Å²) in [5.74, 6) is -0.919. The summed E-state index contributed by atoms with van der Waals surface area (Å²) < 4.78 is 17.5. The summed E-state index contributed by atoms with van der Waals surface area (Å²) in [6.07, 6.45) is 6.29. The van der Waals surface area contributed by atoms with Gasteiger partial charge in [-0.1, -0.05) is 0 Å². The molecule has 9 nitrogen and oxygen atoms in total. The van der Waals surface area contributed by atoms with Crippen LogP contribution in [0.3, 0.4) is 0 Å². The van der Waals surface area contributed by atoms with Gasteiger partial charge in [0.05, 0.1) is 6.54 Å². The van der Waals surface area contributed by atoms with Gasteiger partial charge in [-0.05, 0) is 30.4 Å². The molecule has 1 aliphatic rings. The van der Waals surface area contributed by atoms with E-state index in [9.17, 15) is 4.79 Å². The van der Waals surface area contributed by atoms with Crippen molar-refractivity contribution < 1.29 is 19.0 Å². The second kappa shape index (κ2) is 6.87. The van der Waals surface area contributed by atoms with Crippen molar-refractivity contribution in [2.24, 2.45) is 0 Å². The van der Waals surface area contributed by atoms with Gasteiger partial charge in [0.1, 0.15) is 0 Å². The van der Waals surface area contributed by atoms with Crippen molar-refractivity contribution in [3.8, 4) is 5.82 Å². The summed E-state index contributed by atoms with van der Waals surface area (Å²) in [6, 6.07) is 5.00. The van der Waals surface area contributed by atoms with Crippen LogP contribution in [0.5, 0.6) is 0 Å². The maximum Gasteiger partial charge on any atom is 0.272 e. The Morgan fingerprint density at radius 3 is 2.88 bits per heavy atom. The lowest BCUT2D eigenvalue weighted by Crippen LogP contribution is -2.44. The molecule has 0 aliphatic carbocycles. The van der Waals surface area contributed by atoms with Gasteiger partial charge in [0.2, 0.25) is 5.79 Å². The van der Waals surface area contributed by atoms with Crippen LogP contribution < -0.4 is 5.32 Å². The standard InChI is InChI=1S/C15H17N5O4/c1-22-13-6-7-15(23-2,24-13)10-16-14(21)11-4-5-12(19-18-11)20-9-3-8-17-20/h3-9,13H,10H2,1-2H3,(H,16,21). The molecule has 0 spiro atoms. The minimum atomic E-state index is -1.06. The molecule has 2 aromatic heterocycles. The highest BCUT2D eigenvalue weighted by molar-refractivity contribution is 5.92. The highest BCUT2D eigenvalue weighted by Gasteiger charge is 2.36. The van der Waals surface area contributed by atoms with Gasteiger partial charge in [0.25, 0.3) is 5.91 Å². The fraction of sp³-hybridized carbons (Fsp3) is 0.333. The van der Waals surface area contributed by atoms with Crippen molar-refractivity contribution in [2.45, 2.75) is 12.1 Å². The summed E-state index contributed by atoms with van der Waals surface area (Å²) in [5.41, 5.74) is 0.183. The smallest absolute Gasteiger partial charge is 0.272 e. The molecule has 0 bridgehead atoms. The normalized spacial score (nSPS) is 22.7. The van der Waals surface area contributed by atoms with E-state index in [1.165, 1.54) is 14.2 Å². The van der Waals surface area contributed by atoms with E-state index in [-0.39, 0.29) is 18.1 Å². The number of nitrogens with one attached hydrogen (secondary N) is 1. The lowest BCUT2D eigenvalue weighted by molar-refractivity contribution is -0.238. The maximum absolute atomic E-state index is 12.2. The maximum atomic E-state index is 12.2. The van der Waals surface area contributed by atoms with Gasteiger partial charge in [-0.15, -0.1) is 10.2 Å². The van der Waals surface area contributed by atoms with Gasteiger partial charge in [-0.25, -0.2) is 4.68 Å². The van der Waals surface area contributed by atoms with Crippen LogP contribution >= 0.6 is 0 Å². The first-order valence-electron chi connectivity index (χ1n) is 7.23. The highest BCUT2D eigenvalue weighted by Crippen LogP contribution is 2.24. The predicted molar refractivity (Wildman–Crippen MR) is 82.2 cm³/mol. The van der Waals surface area contributed by atoms with Gasteiger partial charge < -0.3 is 19.5 Å². The second-order valence-corrected chi connectivity index (χ2v) is 5.01. The number of nitrogens with zero attached hydrogens (tertiary/aromatic N) is 4. The van der Waals surface area contributed by atoms with E-state index in [4.69, 9.17) is 14.2 Å². The molecular formula is C15H17N5O4. The zero-order chi connectivity index (χ0) is 17.0. The summed E-state index contributed by atoms with van der Waals surface area (Å²) in [6.45, 7) is 0.112. The molecule has 0 aromatic carbocycles. The monoisotopic (exact) mass is 331 g/mol. The van der Waals surface area contributed by atoms with E-state index in [1.807, 2.05) is 0 Å². The summed E-state index contributed by atoms with van der Waals surface area (Å²) in [4.78, 5) is 12.2. The van der Waals surface area contributed by atoms with Crippen LogP contribution in [0.2, 0.25) is 0 Å². The van der Waals surface area contributed by atoms with Crippen molar-refractivity contribution >= 4 is 5.91 Å². The summed E-state index contributed by atoms with van der Waals surface area (Å²) in [5, 5.41) is 14.6. The number of hydrogen-bond donors (Lipinski definition) is 1. The van der Waals surface area contributed by atoms with E-state index >= 15 is 0 Å². The number of hydrogen-bond acceptors (Lipinski definition) is 7. The topological polar surface area (TPSA) is 100 Å². The Kier molecular flexibility index (Phi) is 4.65. The minimum absolute atomic E-state index is 0.112. The number of amides is 1. The number of aromatic nitrogens is 4. The Morgan fingerprint density at radius 2 is 2.29 bits per heavy atom. The van der Waals surface area contributed by atoms with Crippen molar-refractivity contribution in [3.63, 3.8) is 0 Å². The van der Waals surface area contributed by atoms with Gasteiger partial charge in [0.15, 0.2) is 17.8 Å². The summed E-state index contributed by atoms with van der Waals surface area (Å²) in [7, 11) is 3.02. The Hall–Kier alpha value is -2.62. The fourth-order valence-electron chi connectivity index (χ4n) is 2.18. The third kappa shape index (κ3) is 3.32. The lowest BCUT2D eigenvalue weighted by atomic mass is 10.2. The van der Waals surface area contributed by atoms with E-state index < -0.39 is 12.1 Å². The molecule has 9 heteroatoms. The van der Waals surface area contributed by atoms with Gasteiger partial charge in [-0.3, -0.25) is 4.79 Å². The number of ether oxygens (including phenoxy) is 3.